The minimum Gasteiger partial charge on any atom is -0.374 e. The average molecular weight is 228 g/mol. The Morgan fingerprint density at radius 1 is 1.44 bits per heavy atom. The number of hydrogen-bond donors (Lipinski definition) is 1. The lowest BCUT2D eigenvalue weighted by molar-refractivity contribution is -0.127. The Morgan fingerprint density at radius 3 is 2.75 bits per heavy atom. The van der Waals surface area contributed by atoms with Crippen molar-refractivity contribution < 1.29 is 13.6 Å². The third kappa shape index (κ3) is 2.92. The average Bonchev–Trinajstić information content (AvgIpc) is 2.29. The van der Waals surface area contributed by atoms with Crippen LogP contribution in [0.4, 0.5) is 14.5 Å². The van der Waals surface area contributed by atoms with Crippen molar-refractivity contribution in [3.05, 3.63) is 29.8 Å². The van der Waals surface area contributed by atoms with E-state index in [1.165, 1.54) is 17.0 Å². The van der Waals surface area contributed by atoms with Crippen LogP contribution in [0.15, 0.2) is 18.2 Å². The van der Waals surface area contributed by atoms with E-state index < -0.39 is 11.6 Å². The van der Waals surface area contributed by atoms with E-state index >= 15 is 0 Å². The highest BCUT2D eigenvalue weighted by molar-refractivity contribution is 5.80. The van der Waals surface area contributed by atoms with Gasteiger partial charge in [0.2, 0.25) is 5.91 Å². The maximum atomic E-state index is 13.2. The Kier molecular flexibility index (Phi) is 4.22. The van der Waals surface area contributed by atoms with Crippen molar-refractivity contribution in [1.29, 1.82) is 0 Å². The number of nitrogens with one attached hydrogen (secondary N) is 1. The molecule has 1 aromatic carbocycles. The molecule has 0 bridgehead atoms. The van der Waals surface area contributed by atoms with E-state index in [1.807, 2.05) is 6.92 Å². The summed E-state index contributed by atoms with van der Waals surface area (Å²) in [5, 5.41) is 2.56. The molecule has 1 aromatic rings. The summed E-state index contributed by atoms with van der Waals surface area (Å²) in [5.74, 6) is -2.07. The number of anilines is 1. The van der Waals surface area contributed by atoms with Gasteiger partial charge in [-0.3, -0.25) is 4.79 Å². The number of carbonyl (C=O) groups excluding carboxylic acids is 1. The maximum Gasteiger partial charge on any atom is 0.241 e. The zero-order valence-electron chi connectivity index (χ0n) is 9.26. The quantitative estimate of drug-likeness (QED) is 0.853. The molecule has 0 saturated heterocycles. The summed E-state index contributed by atoms with van der Waals surface area (Å²) in [5.41, 5.74) is -0.00199. The molecule has 5 heteroatoms. The van der Waals surface area contributed by atoms with Gasteiger partial charge in [0.1, 0.15) is 0 Å². The van der Waals surface area contributed by atoms with Gasteiger partial charge in [0, 0.05) is 13.6 Å². The second-order valence-electron chi connectivity index (χ2n) is 3.36. The molecule has 1 amide bonds. The van der Waals surface area contributed by atoms with Gasteiger partial charge in [-0.15, -0.1) is 0 Å². The fourth-order valence-electron chi connectivity index (χ4n) is 1.12. The molecule has 0 aliphatic carbocycles. The smallest absolute Gasteiger partial charge is 0.241 e. The van der Waals surface area contributed by atoms with Crippen LogP contribution in [0.3, 0.4) is 0 Å². The molecule has 88 valence electrons. The molecular formula is C11H14F2N2O. The SMILES string of the molecule is CCN(C)C(=O)CNc1cccc(F)c1F. The molecule has 0 unspecified atom stereocenters. The van der Waals surface area contributed by atoms with Crippen LogP contribution in [0.2, 0.25) is 0 Å². The van der Waals surface area contributed by atoms with Crippen LogP contribution in [0.25, 0.3) is 0 Å². The summed E-state index contributed by atoms with van der Waals surface area (Å²) >= 11 is 0. The van der Waals surface area contributed by atoms with Gasteiger partial charge in [-0.05, 0) is 19.1 Å². The van der Waals surface area contributed by atoms with Gasteiger partial charge in [-0.25, -0.2) is 8.78 Å². The van der Waals surface area contributed by atoms with Gasteiger partial charge in [-0.1, -0.05) is 6.07 Å². The summed E-state index contributed by atoms with van der Waals surface area (Å²) < 4.78 is 26.0. The highest BCUT2D eigenvalue weighted by atomic mass is 19.2. The number of amides is 1. The number of benzene rings is 1. The van der Waals surface area contributed by atoms with Gasteiger partial charge in [-0.2, -0.15) is 0 Å². The first-order chi connectivity index (χ1) is 7.56. The highest BCUT2D eigenvalue weighted by Gasteiger charge is 2.10. The molecule has 0 aromatic heterocycles. The van der Waals surface area contributed by atoms with Crippen molar-refractivity contribution in [2.24, 2.45) is 0 Å². The highest BCUT2D eigenvalue weighted by Crippen LogP contribution is 2.15. The van der Waals surface area contributed by atoms with Crippen molar-refractivity contribution in [1.82, 2.24) is 4.90 Å². The fraction of sp³-hybridized carbons (Fsp3) is 0.364. The first-order valence-electron chi connectivity index (χ1n) is 4.98. The zero-order valence-corrected chi connectivity index (χ0v) is 9.26. The Bertz CT molecular complexity index is 382. The third-order valence-corrected chi connectivity index (χ3v) is 2.28. The van der Waals surface area contributed by atoms with Gasteiger partial charge < -0.3 is 10.2 Å². The minimum absolute atomic E-state index is 0.00199. The van der Waals surface area contributed by atoms with E-state index in [0.29, 0.717) is 6.54 Å². The Hall–Kier alpha value is -1.65. The Morgan fingerprint density at radius 2 is 2.12 bits per heavy atom. The largest absolute Gasteiger partial charge is 0.374 e. The van der Waals surface area contributed by atoms with E-state index in [0.717, 1.165) is 6.07 Å². The standard InChI is InChI=1S/C11H14F2N2O/c1-3-15(2)10(16)7-14-9-6-4-5-8(12)11(9)13/h4-6,14H,3,7H2,1-2H3. The van der Waals surface area contributed by atoms with Crippen molar-refractivity contribution in [2.75, 3.05) is 25.5 Å². The van der Waals surface area contributed by atoms with Crippen molar-refractivity contribution in [3.63, 3.8) is 0 Å². The lowest BCUT2D eigenvalue weighted by Gasteiger charge is -2.15. The lowest BCUT2D eigenvalue weighted by Crippen LogP contribution is -2.32. The number of hydrogen-bond acceptors (Lipinski definition) is 2. The predicted molar refractivity (Wildman–Crippen MR) is 58.2 cm³/mol. The van der Waals surface area contributed by atoms with Gasteiger partial charge in [0.25, 0.3) is 0 Å². The number of nitrogens with zero attached hydrogens (tertiary/aromatic N) is 1. The Balaban J connectivity index is 2.61. The second-order valence-corrected chi connectivity index (χ2v) is 3.36. The molecule has 0 saturated carbocycles. The summed E-state index contributed by atoms with van der Waals surface area (Å²) in [4.78, 5) is 12.9. The van der Waals surface area contributed by atoms with Gasteiger partial charge in [0.05, 0.1) is 12.2 Å². The molecular weight excluding hydrogens is 214 g/mol. The first-order valence-corrected chi connectivity index (χ1v) is 4.98. The molecule has 0 fully saturated rings. The third-order valence-electron chi connectivity index (χ3n) is 2.28. The van der Waals surface area contributed by atoms with Crippen LogP contribution >= 0.6 is 0 Å². The molecule has 0 aliphatic heterocycles. The number of halogens is 2. The van der Waals surface area contributed by atoms with Crippen molar-refractivity contribution in [2.45, 2.75) is 6.92 Å². The van der Waals surface area contributed by atoms with E-state index in [4.69, 9.17) is 0 Å². The molecule has 1 rings (SSSR count). The van der Waals surface area contributed by atoms with E-state index in [1.54, 1.807) is 7.05 Å². The summed E-state index contributed by atoms with van der Waals surface area (Å²) in [6, 6.07) is 3.80. The lowest BCUT2D eigenvalue weighted by atomic mass is 10.3. The summed E-state index contributed by atoms with van der Waals surface area (Å²) in [7, 11) is 1.64. The van der Waals surface area contributed by atoms with E-state index in [9.17, 15) is 13.6 Å². The predicted octanol–water partition coefficient (Wildman–Crippen LogP) is 1.85. The Labute approximate surface area is 93.1 Å². The van der Waals surface area contributed by atoms with E-state index in [-0.39, 0.29) is 18.1 Å². The normalized spacial score (nSPS) is 10.0. The molecule has 16 heavy (non-hydrogen) atoms. The van der Waals surface area contributed by atoms with Gasteiger partial charge >= 0.3 is 0 Å². The van der Waals surface area contributed by atoms with Crippen LogP contribution in [-0.2, 0) is 4.79 Å². The molecule has 0 atom stereocenters. The zero-order chi connectivity index (χ0) is 12.1. The molecule has 0 spiro atoms. The molecule has 0 aliphatic rings. The molecule has 3 nitrogen and oxygen atoms in total. The first kappa shape index (κ1) is 12.4. The number of likely N-dealkylation sites (N-methyl/N-ethyl adjacent to an activating group) is 1. The molecule has 0 radical (unpaired) electrons. The number of rotatable bonds is 4. The van der Waals surface area contributed by atoms with Crippen LogP contribution in [-0.4, -0.2) is 30.9 Å². The van der Waals surface area contributed by atoms with Crippen LogP contribution in [0, 0.1) is 11.6 Å². The van der Waals surface area contributed by atoms with E-state index in [2.05, 4.69) is 5.32 Å². The monoisotopic (exact) mass is 228 g/mol. The summed E-state index contributed by atoms with van der Waals surface area (Å²) in [6.07, 6.45) is 0. The van der Waals surface area contributed by atoms with Gasteiger partial charge in [0.15, 0.2) is 11.6 Å². The van der Waals surface area contributed by atoms with Crippen LogP contribution in [0.1, 0.15) is 6.92 Å². The van der Waals surface area contributed by atoms with Crippen LogP contribution < -0.4 is 5.32 Å². The molecule has 0 heterocycles. The maximum absolute atomic E-state index is 13.2. The van der Waals surface area contributed by atoms with Crippen molar-refractivity contribution >= 4 is 11.6 Å². The number of carbonyl (C=O) groups is 1. The van der Waals surface area contributed by atoms with Crippen LogP contribution in [0.5, 0.6) is 0 Å². The fourth-order valence-corrected chi connectivity index (χ4v) is 1.12. The second kappa shape index (κ2) is 5.44. The summed E-state index contributed by atoms with van der Waals surface area (Å²) in [6.45, 7) is 2.36. The minimum atomic E-state index is -0.963. The topological polar surface area (TPSA) is 32.3 Å². The molecule has 1 N–H and O–H groups in total. The van der Waals surface area contributed by atoms with Crippen molar-refractivity contribution in [3.8, 4) is 0 Å².